The Morgan fingerprint density at radius 3 is 1.89 bits per heavy atom. The summed E-state index contributed by atoms with van der Waals surface area (Å²) >= 11 is 0. The Morgan fingerprint density at radius 1 is 0.852 bits per heavy atom. The Bertz CT molecular complexity index is 513. The number of rotatable bonds is 6. The zero-order valence-corrected chi connectivity index (χ0v) is 14.1. The largest absolute Gasteiger partial charge is 0.451 e. The molecule has 0 spiro atoms. The van der Waals surface area contributed by atoms with Crippen molar-refractivity contribution < 1.29 is 59.5 Å². The molecule has 12 nitrogen and oxygen atoms in total. The van der Waals surface area contributed by atoms with Gasteiger partial charge in [-0.3, -0.25) is 0 Å². The van der Waals surface area contributed by atoms with Gasteiger partial charge in [-0.2, -0.15) is 0 Å². The second-order valence-electron chi connectivity index (χ2n) is 6.15. The second-order valence-corrected chi connectivity index (χ2v) is 6.15. The fraction of sp³-hybridized carbons (Fsp3) is 0.800. The molecule has 0 radical (unpaired) electrons. The molecule has 2 aliphatic rings. The maximum atomic E-state index is 11.5. The first-order chi connectivity index (χ1) is 12.7. The number of esters is 1. The van der Waals surface area contributed by atoms with E-state index in [0.717, 1.165) is 6.08 Å². The van der Waals surface area contributed by atoms with Crippen LogP contribution in [0.4, 0.5) is 0 Å². The van der Waals surface area contributed by atoms with E-state index in [4.69, 9.17) is 18.9 Å². The molecule has 0 aliphatic carbocycles. The van der Waals surface area contributed by atoms with Crippen molar-refractivity contribution in [1.82, 2.24) is 0 Å². The van der Waals surface area contributed by atoms with Crippen LogP contribution in [-0.2, 0) is 23.7 Å². The van der Waals surface area contributed by atoms with E-state index in [0.29, 0.717) is 0 Å². The van der Waals surface area contributed by atoms with Gasteiger partial charge in [0, 0.05) is 6.08 Å². The van der Waals surface area contributed by atoms with Crippen LogP contribution in [0.5, 0.6) is 0 Å². The standard InChI is InChI=1S/C15H24O12/c1-2-7(18)26-13-11(22)9(20)6(4-17)25-15(13)27-14-12(23)10(21)8(19)5(3-16)24-14/h2,5-6,8-17,19-23H,1,3-4H2/t5-,6-,8-,9-,10+,11+,12-,13-,14-,15-/m1/s1. The molecule has 2 heterocycles. The van der Waals surface area contributed by atoms with E-state index in [1.54, 1.807) is 0 Å². The number of carbonyl (C=O) groups excluding carboxylic acids is 1. The van der Waals surface area contributed by atoms with Crippen LogP contribution in [0.3, 0.4) is 0 Å². The maximum absolute atomic E-state index is 11.5. The molecule has 0 unspecified atom stereocenters. The molecule has 0 aromatic carbocycles. The Morgan fingerprint density at radius 2 is 1.37 bits per heavy atom. The van der Waals surface area contributed by atoms with Crippen LogP contribution in [0.25, 0.3) is 0 Å². The summed E-state index contributed by atoms with van der Waals surface area (Å²) in [5.41, 5.74) is 0. The van der Waals surface area contributed by atoms with Gasteiger partial charge in [-0.25, -0.2) is 4.79 Å². The Hall–Kier alpha value is -1.19. The van der Waals surface area contributed by atoms with E-state index < -0.39 is 80.6 Å². The molecule has 2 rings (SSSR count). The number of hydrogen-bond donors (Lipinski definition) is 7. The average molecular weight is 396 g/mol. The van der Waals surface area contributed by atoms with E-state index in [1.165, 1.54) is 0 Å². The normalized spacial score (nSPS) is 45.3. The number of carbonyl (C=O) groups is 1. The second kappa shape index (κ2) is 9.34. The third-order valence-corrected chi connectivity index (χ3v) is 4.36. The van der Waals surface area contributed by atoms with Crippen molar-refractivity contribution in [2.45, 2.75) is 61.4 Å². The summed E-state index contributed by atoms with van der Waals surface area (Å²) in [6.07, 6.45) is -15.2. The van der Waals surface area contributed by atoms with Gasteiger partial charge < -0.3 is 54.7 Å². The minimum Gasteiger partial charge on any atom is -0.451 e. The first-order valence-corrected chi connectivity index (χ1v) is 8.16. The van der Waals surface area contributed by atoms with Gasteiger partial charge in [-0.05, 0) is 0 Å². The lowest BCUT2D eigenvalue weighted by Gasteiger charge is -2.45. The summed E-state index contributed by atoms with van der Waals surface area (Å²) in [6.45, 7) is 1.78. The van der Waals surface area contributed by atoms with Crippen LogP contribution < -0.4 is 0 Å². The lowest BCUT2D eigenvalue weighted by molar-refractivity contribution is -0.376. The van der Waals surface area contributed by atoms with Crippen molar-refractivity contribution in [3.63, 3.8) is 0 Å². The average Bonchev–Trinajstić information content (AvgIpc) is 2.67. The highest BCUT2D eigenvalue weighted by atomic mass is 16.8. The Kier molecular flexibility index (Phi) is 7.64. The minimum absolute atomic E-state index is 0.703. The molecule has 0 aromatic heterocycles. The van der Waals surface area contributed by atoms with Gasteiger partial charge in [0.15, 0.2) is 12.4 Å². The molecule has 0 saturated carbocycles. The van der Waals surface area contributed by atoms with Gasteiger partial charge in [0.05, 0.1) is 13.2 Å². The molecule has 27 heavy (non-hydrogen) atoms. The molecule has 0 aromatic rings. The van der Waals surface area contributed by atoms with Crippen LogP contribution in [-0.4, -0.2) is 116 Å². The molecule has 7 N–H and O–H groups in total. The smallest absolute Gasteiger partial charge is 0.330 e. The highest BCUT2D eigenvalue weighted by Crippen LogP contribution is 2.29. The Labute approximate surface area is 153 Å². The van der Waals surface area contributed by atoms with E-state index in [1.807, 2.05) is 0 Å². The first-order valence-electron chi connectivity index (χ1n) is 8.16. The van der Waals surface area contributed by atoms with Crippen molar-refractivity contribution in [2.75, 3.05) is 13.2 Å². The fourth-order valence-electron chi connectivity index (χ4n) is 2.79. The molecule has 12 heteroatoms. The van der Waals surface area contributed by atoms with Crippen molar-refractivity contribution in [1.29, 1.82) is 0 Å². The van der Waals surface area contributed by atoms with E-state index in [-0.39, 0.29) is 0 Å². The minimum atomic E-state index is -1.78. The monoisotopic (exact) mass is 396 g/mol. The predicted molar refractivity (Wildman–Crippen MR) is 82.7 cm³/mol. The van der Waals surface area contributed by atoms with Gasteiger partial charge >= 0.3 is 5.97 Å². The van der Waals surface area contributed by atoms with Crippen molar-refractivity contribution in [3.05, 3.63) is 12.7 Å². The van der Waals surface area contributed by atoms with Gasteiger partial charge in [-0.1, -0.05) is 6.58 Å². The number of aliphatic hydroxyl groups excluding tert-OH is 7. The number of aliphatic hydroxyl groups is 7. The van der Waals surface area contributed by atoms with Crippen LogP contribution >= 0.6 is 0 Å². The quantitative estimate of drug-likeness (QED) is 0.168. The van der Waals surface area contributed by atoms with Gasteiger partial charge in [0.2, 0.25) is 6.29 Å². The molecule has 2 saturated heterocycles. The summed E-state index contributed by atoms with van der Waals surface area (Å²) in [5, 5.41) is 68.2. The molecule has 2 fully saturated rings. The summed E-state index contributed by atoms with van der Waals surface area (Å²) < 4.78 is 20.7. The molecular weight excluding hydrogens is 372 g/mol. The molecule has 156 valence electrons. The third kappa shape index (κ3) is 4.63. The third-order valence-electron chi connectivity index (χ3n) is 4.36. The van der Waals surface area contributed by atoms with Gasteiger partial charge in [-0.15, -0.1) is 0 Å². The topological polar surface area (TPSA) is 196 Å². The summed E-state index contributed by atoms with van der Waals surface area (Å²) in [6, 6.07) is 0. The lowest BCUT2D eigenvalue weighted by Crippen LogP contribution is -2.64. The van der Waals surface area contributed by atoms with E-state index >= 15 is 0 Å². The highest BCUT2D eigenvalue weighted by molar-refractivity contribution is 5.81. The number of ether oxygens (including phenoxy) is 4. The van der Waals surface area contributed by atoms with E-state index in [9.17, 15) is 40.5 Å². The first kappa shape index (κ1) is 22.1. The van der Waals surface area contributed by atoms with E-state index in [2.05, 4.69) is 6.58 Å². The molecule has 0 bridgehead atoms. The van der Waals surface area contributed by atoms with Gasteiger partial charge in [0.25, 0.3) is 0 Å². The summed E-state index contributed by atoms with van der Waals surface area (Å²) in [5.74, 6) is -0.972. The van der Waals surface area contributed by atoms with Gasteiger partial charge in [0.1, 0.15) is 42.7 Å². The Balaban J connectivity index is 2.20. The zero-order chi connectivity index (χ0) is 20.3. The van der Waals surface area contributed by atoms with Crippen molar-refractivity contribution in [3.8, 4) is 0 Å². The maximum Gasteiger partial charge on any atom is 0.330 e. The molecular formula is C15H24O12. The fourth-order valence-corrected chi connectivity index (χ4v) is 2.79. The van der Waals surface area contributed by atoms with Crippen molar-refractivity contribution >= 4 is 5.97 Å². The highest BCUT2D eigenvalue weighted by Gasteiger charge is 2.51. The molecule has 10 atom stereocenters. The van der Waals surface area contributed by atoms with Crippen LogP contribution in [0.15, 0.2) is 12.7 Å². The molecule has 0 amide bonds. The SMILES string of the molecule is C=CC(=O)O[C@H]1[C@@H](O[C@H]2O[C@H](CO)[C@@H](O)[C@H](O)[C@H]2O)O[C@H](CO)[C@@H](O)[C@@H]1O. The summed E-state index contributed by atoms with van der Waals surface area (Å²) in [7, 11) is 0. The molecule has 2 aliphatic heterocycles. The van der Waals surface area contributed by atoms with Crippen LogP contribution in [0.2, 0.25) is 0 Å². The predicted octanol–water partition coefficient (Wildman–Crippen LogP) is -4.66. The lowest BCUT2D eigenvalue weighted by atomic mass is 9.98. The van der Waals surface area contributed by atoms with Crippen molar-refractivity contribution in [2.24, 2.45) is 0 Å². The zero-order valence-electron chi connectivity index (χ0n) is 14.1. The number of hydrogen-bond acceptors (Lipinski definition) is 12. The van der Waals surface area contributed by atoms with Crippen LogP contribution in [0, 0.1) is 0 Å². The summed E-state index contributed by atoms with van der Waals surface area (Å²) in [4.78, 5) is 11.5. The van der Waals surface area contributed by atoms with Crippen LogP contribution in [0.1, 0.15) is 0 Å².